The number of amides is 1. The van der Waals surface area contributed by atoms with Gasteiger partial charge >= 0.3 is 0 Å². The van der Waals surface area contributed by atoms with Crippen LogP contribution in [0.15, 0.2) is 65.1 Å². The Hall–Kier alpha value is -4.51. The zero-order valence-electron chi connectivity index (χ0n) is 26.8. The van der Waals surface area contributed by atoms with Gasteiger partial charge in [0, 0.05) is 54.2 Å². The molecule has 1 saturated heterocycles. The van der Waals surface area contributed by atoms with Gasteiger partial charge in [0.25, 0.3) is 5.91 Å². The second-order valence-electron chi connectivity index (χ2n) is 11.6. The minimum Gasteiger partial charge on any atom is -0.455 e. The van der Waals surface area contributed by atoms with Gasteiger partial charge in [0.05, 0.1) is 36.4 Å². The van der Waals surface area contributed by atoms with E-state index >= 15 is 0 Å². The van der Waals surface area contributed by atoms with Gasteiger partial charge < -0.3 is 9.32 Å². The number of piperazine rings is 1. The molecule has 1 atom stereocenters. The normalized spacial score (nSPS) is 15.8. The summed E-state index contributed by atoms with van der Waals surface area (Å²) in [5, 5.41) is 10.1. The molecule has 13 heteroatoms. The number of hydrogen-bond donors (Lipinski definition) is 0. The summed E-state index contributed by atoms with van der Waals surface area (Å²) < 4.78 is 59.0. The standard InChI is InChI=1S/C34H36N4O7S2/c1-6-30(39)32-28-18-27(24-9-8-10-25(17-24)34(40)36-15-16-38(47(5,43)44)26(20-35)21-36)29(37(7-2)46(4,41)42)19-31(28)45-33(32)23-13-11-22(3)12-14-23/h8-14,17-19,26H,6-7,15-16,21H2,1-5H3. The highest BCUT2D eigenvalue weighted by atomic mass is 32.2. The average molecular weight is 677 g/mol. The van der Waals surface area contributed by atoms with Gasteiger partial charge in [0.15, 0.2) is 5.78 Å². The molecule has 1 aromatic heterocycles. The predicted molar refractivity (Wildman–Crippen MR) is 181 cm³/mol. The smallest absolute Gasteiger partial charge is 0.254 e. The second-order valence-corrected chi connectivity index (χ2v) is 15.4. The fourth-order valence-corrected chi connectivity index (χ4v) is 7.94. The highest BCUT2D eigenvalue weighted by Crippen LogP contribution is 2.42. The van der Waals surface area contributed by atoms with E-state index in [1.807, 2.05) is 37.3 Å². The molecular formula is C34H36N4O7S2. The van der Waals surface area contributed by atoms with Crippen LogP contribution in [0.25, 0.3) is 33.4 Å². The van der Waals surface area contributed by atoms with Crippen LogP contribution in [-0.4, -0.2) is 82.5 Å². The third-order valence-electron chi connectivity index (χ3n) is 8.29. The van der Waals surface area contributed by atoms with Gasteiger partial charge in [-0.2, -0.15) is 9.57 Å². The lowest BCUT2D eigenvalue weighted by Crippen LogP contribution is -2.55. The first kappa shape index (κ1) is 33.8. The van der Waals surface area contributed by atoms with E-state index in [2.05, 4.69) is 0 Å². The Bertz CT molecular complexity index is 2130. The van der Waals surface area contributed by atoms with Gasteiger partial charge in [-0.25, -0.2) is 16.8 Å². The van der Waals surface area contributed by atoms with Gasteiger partial charge in [0.1, 0.15) is 17.4 Å². The number of rotatable bonds is 9. The summed E-state index contributed by atoms with van der Waals surface area (Å²) in [6, 6.07) is 18.6. The maximum absolute atomic E-state index is 13.7. The molecule has 0 radical (unpaired) electrons. The lowest BCUT2D eigenvalue weighted by molar-refractivity contribution is 0.0665. The minimum absolute atomic E-state index is 0.0127. The molecule has 3 aromatic carbocycles. The number of furan rings is 1. The van der Waals surface area contributed by atoms with Gasteiger partial charge in [-0.15, -0.1) is 0 Å². The van der Waals surface area contributed by atoms with E-state index in [4.69, 9.17) is 4.42 Å². The number of nitrogens with zero attached hydrogens (tertiary/aromatic N) is 4. The number of sulfonamides is 2. The van der Waals surface area contributed by atoms with E-state index in [0.717, 1.165) is 22.4 Å². The Morgan fingerprint density at radius 1 is 0.979 bits per heavy atom. The van der Waals surface area contributed by atoms with Crippen molar-refractivity contribution in [3.63, 3.8) is 0 Å². The molecule has 0 spiro atoms. The number of carbonyl (C=O) groups excluding carboxylic acids is 2. The van der Waals surface area contributed by atoms with Crippen LogP contribution in [0.2, 0.25) is 0 Å². The number of anilines is 1. The molecule has 1 amide bonds. The maximum Gasteiger partial charge on any atom is 0.254 e. The summed E-state index contributed by atoms with van der Waals surface area (Å²) in [6.07, 6.45) is 2.36. The minimum atomic E-state index is -3.75. The van der Waals surface area contributed by atoms with E-state index in [0.29, 0.717) is 44.7 Å². The summed E-state index contributed by atoms with van der Waals surface area (Å²) in [5.41, 5.74) is 4.07. The monoisotopic (exact) mass is 676 g/mol. The number of benzene rings is 3. The quantitative estimate of drug-likeness (QED) is 0.223. The summed E-state index contributed by atoms with van der Waals surface area (Å²) in [4.78, 5) is 28.5. The summed E-state index contributed by atoms with van der Waals surface area (Å²) in [7, 11) is -7.38. The van der Waals surface area contributed by atoms with Crippen LogP contribution in [-0.2, 0) is 20.0 Å². The van der Waals surface area contributed by atoms with Crippen LogP contribution >= 0.6 is 0 Å². The molecule has 0 bridgehead atoms. The number of aryl methyl sites for hydroxylation is 1. The Balaban J connectivity index is 1.67. The Labute approximate surface area is 275 Å². The van der Waals surface area contributed by atoms with Crippen molar-refractivity contribution in [1.82, 2.24) is 9.21 Å². The SMILES string of the molecule is CCC(=O)c1c(-c2ccc(C)cc2)oc2cc(N(CC)S(C)(=O)=O)c(-c3cccc(C(=O)N4CCN(S(C)(=O)=O)C(C#N)C4)c3)cc12. The van der Waals surface area contributed by atoms with Crippen LogP contribution in [0.3, 0.4) is 0 Å². The van der Waals surface area contributed by atoms with Crippen LogP contribution in [0.4, 0.5) is 5.69 Å². The van der Waals surface area contributed by atoms with Crippen molar-refractivity contribution >= 4 is 48.4 Å². The first-order valence-corrected chi connectivity index (χ1v) is 18.8. The molecule has 11 nitrogen and oxygen atoms in total. The largest absolute Gasteiger partial charge is 0.455 e. The van der Waals surface area contributed by atoms with Gasteiger partial charge in [-0.05, 0) is 37.6 Å². The van der Waals surface area contributed by atoms with E-state index in [-0.39, 0.29) is 43.9 Å². The van der Waals surface area contributed by atoms with Gasteiger partial charge in [-0.3, -0.25) is 13.9 Å². The number of fused-ring (bicyclic) bond motifs is 1. The third-order valence-corrected chi connectivity index (χ3v) is 10.8. The van der Waals surface area contributed by atoms with Crippen molar-refractivity contribution in [3.05, 3.63) is 77.4 Å². The molecule has 0 aliphatic carbocycles. The molecule has 1 unspecified atom stereocenters. The summed E-state index contributed by atoms with van der Waals surface area (Å²) >= 11 is 0. The summed E-state index contributed by atoms with van der Waals surface area (Å²) in [5.74, 6) is -0.149. The van der Waals surface area contributed by atoms with E-state index in [9.17, 15) is 31.7 Å². The fourth-order valence-electron chi connectivity index (χ4n) is 5.97. The number of nitriles is 1. The highest BCUT2D eigenvalue weighted by Gasteiger charge is 2.35. The van der Waals surface area contributed by atoms with E-state index in [1.54, 1.807) is 50.2 Å². The molecule has 2 heterocycles. The van der Waals surface area contributed by atoms with Crippen LogP contribution in [0, 0.1) is 18.3 Å². The van der Waals surface area contributed by atoms with Crippen molar-refractivity contribution in [2.24, 2.45) is 0 Å². The van der Waals surface area contributed by atoms with Crippen molar-refractivity contribution in [1.29, 1.82) is 5.26 Å². The van der Waals surface area contributed by atoms with Crippen molar-refractivity contribution in [2.75, 3.05) is 43.0 Å². The topological polar surface area (TPSA) is 149 Å². The maximum atomic E-state index is 13.7. The number of carbonyl (C=O) groups is 2. The molecule has 4 aromatic rings. The molecule has 1 aliphatic heterocycles. The molecule has 0 N–H and O–H groups in total. The zero-order chi connectivity index (χ0) is 34.3. The van der Waals surface area contributed by atoms with Crippen LogP contribution in [0.5, 0.6) is 0 Å². The second kappa shape index (κ2) is 12.9. The number of hydrogen-bond acceptors (Lipinski definition) is 8. The van der Waals surface area contributed by atoms with Crippen molar-refractivity contribution in [3.8, 4) is 28.5 Å². The number of Topliss-reactive ketones (excluding diaryl/α,β-unsaturated/α-hetero) is 1. The predicted octanol–water partition coefficient (Wildman–Crippen LogP) is 5.06. The van der Waals surface area contributed by atoms with E-state index < -0.39 is 32.0 Å². The van der Waals surface area contributed by atoms with Crippen LogP contribution in [0.1, 0.15) is 46.5 Å². The molecule has 1 aliphatic rings. The fraction of sp³-hybridized carbons (Fsp3) is 0.324. The van der Waals surface area contributed by atoms with Gasteiger partial charge in [0.2, 0.25) is 20.0 Å². The highest BCUT2D eigenvalue weighted by molar-refractivity contribution is 7.92. The zero-order valence-corrected chi connectivity index (χ0v) is 28.5. The Morgan fingerprint density at radius 3 is 2.28 bits per heavy atom. The van der Waals surface area contributed by atoms with Crippen LogP contribution < -0.4 is 4.31 Å². The average Bonchev–Trinajstić information content (AvgIpc) is 3.41. The molecule has 47 heavy (non-hydrogen) atoms. The molecular weight excluding hydrogens is 641 g/mol. The first-order valence-electron chi connectivity index (χ1n) is 15.1. The molecule has 5 rings (SSSR count). The summed E-state index contributed by atoms with van der Waals surface area (Å²) in [6.45, 7) is 5.54. The lowest BCUT2D eigenvalue weighted by atomic mass is 9.95. The molecule has 1 fully saturated rings. The lowest BCUT2D eigenvalue weighted by Gasteiger charge is -2.36. The first-order chi connectivity index (χ1) is 22.2. The van der Waals surface area contributed by atoms with Crippen molar-refractivity contribution in [2.45, 2.75) is 33.2 Å². The number of ketones is 1. The molecule has 246 valence electrons. The Kier molecular flexibility index (Phi) is 9.32. The molecule has 0 saturated carbocycles. The Morgan fingerprint density at radius 2 is 1.68 bits per heavy atom. The third kappa shape index (κ3) is 6.67. The van der Waals surface area contributed by atoms with E-state index in [1.165, 1.54) is 9.21 Å². The van der Waals surface area contributed by atoms with Crippen molar-refractivity contribution < 1.29 is 30.8 Å². The van der Waals surface area contributed by atoms with Gasteiger partial charge in [-0.1, -0.05) is 48.9 Å².